The molecule has 1 aliphatic rings. The smallest absolute Gasteiger partial charge is 0.330 e. The van der Waals surface area contributed by atoms with E-state index in [1.165, 1.54) is 7.11 Å². The number of aliphatic hydroxyl groups excluding tert-OH is 1. The van der Waals surface area contributed by atoms with Crippen LogP contribution in [0.5, 0.6) is 0 Å². The molecule has 128 valence electrons. The number of rotatable bonds is 6. The SMILES string of the molecule is COC(=O)[C@@](Cl)([C@H](O)c1ccc(N(C)C)cc1)C1(C(C)C)CC1. The molecule has 0 bridgehead atoms. The van der Waals surface area contributed by atoms with Crippen LogP contribution in [0.2, 0.25) is 0 Å². The number of halogens is 1. The highest BCUT2D eigenvalue weighted by Gasteiger charge is 2.68. The lowest BCUT2D eigenvalue weighted by Crippen LogP contribution is -2.50. The van der Waals surface area contributed by atoms with Crippen LogP contribution >= 0.6 is 11.6 Å². The highest BCUT2D eigenvalue weighted by atomic mass is 35.5. The molecular weight excluding hydrogens is 314 g/mol. The maximum Gasteiger partial charge on any atom is 0.330 e. The van der Waals surface area contributed by atoms with E-state index in [9.17, 15) is 9.90 Å². The summed E-state index contributed by atoms with van der Waals surface area (Å²) >= 11 is 6.79. The van der Waals surface area contributed by atoms with E-state index in [0.717, 1.165) is 18.5 Å². The lowest BCUT2D eigenvalue weighted by Gasteiger charge is -2.39. The fraction of sp³-hybridized carbons (Fsp3) is 0.611. The van der Waals surface area contributed by atoms with Crippen LogP contribution in [0.3, 0.4) is 0 Å². The first kappa shape index (κ1) is 18.1. The molecule has 0 aliphatic heterocycles. The van der Waals surface area contributed by atoms with Gasteiger partial charge in [-0.15, -0.1) is 11.6 Å². The lowest BCUT2D eigenvalue weighted by atomic mass is 9.74. The van der Waals surface area contributed by atoms with Crippen molar-refractivity contribution in [1.82, 2.24) is 0 Å². The van der Waals surface area contributed by atoms with Crippen LogP contribution in [0.25, 0.3) is 0 Å². The van der Waals surface area contributed by atoms with Gasteiger partial charge in [-0.2, -0.15) is 0 Å². The molecule has 1 aromatic carbocycles. The third-order valence-corrected chi connectivity index (χ3v) is 5.94. The Balaban J connectivity index is 2.42. The second-order valence-electron chi connectivity index (χ2n) is 6.90. The van der Waals surface area contributed by atoms with Gasteiger partial charge in [0.2, 0.25) is 0 Å². The maximum absolute atomic E-state index is 12.5. The number of ether oxygens (including phenoxy) is 1. The minimum Gasteiger partial charge on any atom is -0.468 e. The standard InChI is InChI=1S/C18H26ClNO3/c1-12(2)17(10-11-17)18(19,16(22)23-5)15(21)13-6-8-14(9-7-13)20(3)4/h6-9,12,15,21H,10-11H2,1-5H3/t15-,18+/m1/s1. The zero-order chi connectivity index (χ0) is 17.4. The molecule has 0 spiro atoms. The molecule has 0 radical (unpaired) electrons. The Bertz CT molecular complexity index is 566. The number of methoxy groups -OCH3 is 1. The summed E-state index contributed by atoms with van der Waals surface area (Å²) in [5.74, 6) is -0.385. The van der Waals surface area contributed by atoms with E-state index in [1.54, 1.807) is 0 Å². The molecule has 1 aromatic rings. The van der Waals surface area contributed by atoms with E-state index in [4.69, 9.17) is 16.3 Å². The molecule has 0 amide bonds. The molecular formula is C18H26ClNO3. The van der Waals surface area contributed by atoms with Gasteiger partial charge in [0.05, 0.1) is 7.11 Å². The normalized spacial score (nSPS) is 19.8. The summed E-state index contributed by atoms with van der Waals surface area (Å²) in [5.41, 5.74) is 1.22. The molecule has 0 aromatic heterocycles. The van der Waals surface area contributed by atoms with Crippen molar-refractivity contribution in [2.45, 2.75) is 37.7 Å². The molecule has 1 fully saturated rings. The van der Waals surface area contributed by atoms with Gasteiger partial charge in [0.1, 0.15) is 6.10 Å². The van der Waals surface area contributed by atoms with Gasteiger partial charge in [-0.3, -0.25) is 4.79 Å². The van der Waals surface area contributed by atoms with E-state index in [2.05, 4.69) is 0 Å². The zero-order valence-electron chi connectivity index (χ0n) is 14.5. The lowest BCUT2D eigenvalue weighted by molar-refractivity contribution is -0.151. The zero-order valence-corrected chi connectivity index (χ0v) is 15.2. The van der Waals surface area contributed by atoms with Crippen molar-refractivity contribution in [3.05, 3.63) is 29.8 Å². The Morgan fingerprint density at radius 2 is 1.83 bits per heavy atom. The van der Waals surface area contributed by atoms with Gasteiger partial charge in [-0.05, 0) is 36.5 Å². The van der Waals surface area contributed by atoms with E-state index in [0.29, 0.717) is 5.56 Å². The van der Waals surface area contributed by atoms with Crippen LogP contribution in [-0.2, 0) is 9.53 Å². The Morgan fingerprint density at radius 3 is 2.17 bits per heavy atom. The molecule has 23 heavy (non-hydrogen) atoms. The molecule has 0 unspecified atom stereocenters. The van der Waals surface area contributed by atoms with E-state index in [-0.39, 0.29) is 5.92 Å². The molecule has 0 saturated heterocycles. The third kappa shape index (κ3) is 2.83. The average molecular weight is 340 g/mol. The first-order valence-electron chi connectivity index (χ1n) is 7.93. The number of anilines is 1. The van der Waals surface area contributed by atoms with Gasteiger partial charge in [0, 0.05) is 25.2 Å². The maximum atomic E-state index is 12.5. The summed E-state index contributed by atoms with van der Waals surface area (Å²) in [6, 6.07) is 7.44. The van der Waals surface area contributed by atoms with Crippen molar-refractivity contribution >= 4 is 23.3 Å². The largest absolute Gasteiger partial charge is 0.468 e. The van der Waals surface area contributed by atoms with Crippen molar-refractivity contribution in [2.24, 2.45) is 11.3 Å². The van der Waals surface area contributed by atoms with Gasteiger partial charge in [-0.1, -0.05) is 26.0 Å². The predicted octanol–water partition coefficient (Wildman–Crippen LogP) is 3.37. The number of carbonyl (C=O) groups excluding carboxylic acids is 1. The van der Waals surface area contributed by atoms with Gasteiger partial charge >= 0.3 is 5.97 Å². The number of hydrogen-bond acceptors (Lipinski definition) is 4. The van der Waals surface area contributed by atoms with Crippen LogP contribution in [0.15, 0.2) is 24.3 Å². The molecule has 4 nitrogen and oxygen atoms in total. The topological polar surface area (TPSA) is 49.8 Å². The number of esters is 1. The molecule has 1 aliphatic carbocycles. The van der Waals surface area contributed by atoms with Crippen molar-refractivity contribution in [3.63, 3.8) is 0 Å². The van der Waals surface area contributed by atoms with Gasteiger partial charge in [0.15, 0.2) is 4.87 Å². The number of hydrogen-bond donors (Lipinski definition) is 1. The molecule has 1 N–H and O–H groups in total. The summed E-state index contributed by atoms with van der Waals surface area (Å²) in [4.78, 5) is 13.0. The van der Waals surface area contributed by atoms with E-state index in [1.807, 2.05) is 57.1 Å². The monoisotopic (exact) mass is 339 g/mol. The minimum atomic E-state index is -1.46. The summed E-state index contributed by atoms with van der Waals surface area (Å²) < 4.78 is 4.96. The average Bonchev–Trinajstić information content (AvgIpc) is 3.34. The second kappa shape index (κ2) is 6.33. The van der Waals surface area contributed by atoms with Crippen LogP contribution in [0, 0.1) is 11.3 Å². The first-order valence-corrected chi connectivity index (χ1v) is 8.31. The predicted molar refractivity (Wildman–Crippen MR) is 92.8 cm³/mol. The Labute approximate surface area is 143 Å². The Hall–Kier alpha value is -1.26. The van der Waals surface area contributed by atoms with E-state index >= 15 is 0 Å². The Morgan fingerprint density at radius 1 is 1.30 bits per heavy atom. The molecule has 2 rings (SSSR count). The number of aliphatic hydroxyl groups is 1. The quantitative estimate of drug-likeness (QED) is 0.637. The Kier molecular flexibility index (Phi) is 4.97. The molecule has 0 heterocycles. The molecule has 5 heteroatoms. The number of benzene rings is 1. The van der Waals surface area contributed by atoms with Crippen molar-refractivity contribution < 1.29 is 14.6 Å². The fourth-order valence-corrected chi connectivity index (χ4v) is 4.03. The van der Waals surface area contributed by atoms with Crippen LogP contribution in [-0.4, -0.2) is 37.2 Å². The summed E-state index contributed by atoms with van der Waals surface area (Å²) in [6.45, 7) is 4.07. The molecule has 2 atom stereocenters. The minimum absolute atomic E-state index is 0.176. The highest BCUT2D eigenvalue weighted by molar-refractivity contribution is 6.35. The highest BCUT2D eigenvalue weighted by Crippen LogP contribution is 2.65. The van der Waals surface area contributed by atoms with Crippen LogP contribution in [0.1, 0.15) is 38.4 Å². The van der Waals surface area contributed by atoms with Crippen LogP contribution in [0.4, 0.5) is 5.69 Å². The van der Waals surface area contributed by atoms with Gasteiger partial charge in [-0.25, -0.2) is 0 Å². The molecule has 1 saturated carbocycles. The fourth-order valence-electron chi connectivity index (χ4n) is 3.42. The number of nitrogens with zero attached hydrogens (tertiary/aromatic N) is 1. The van der Waals surface area contributed by atoms with Gasteiger partial charge < -0.3 is 14.7 Å². The van der Waals surface area contributed by atoms with Crippen molar-refractivity contribution in [1.29, 1.82) is 0 Å². The summed E-state index contributed by atoms with van der Waals surface area (Å²) in [5, 5.41) is 10.9. The van der Waals surface area contributed by atoms with Crippen molar-refractivity contribution in [3.8, 4) is 0 Å². The van der Waals surface area contributed by atoms with E-state index < -0.39 is 22.4 Å². The second-order valence-corrected chi connectivity index (χ2v) is 7.50. The van der Waals surface area contributed by atoms with Gasteiger partial charge in [0.25, 0.3) is 0 Å². The first-order chi connectivity index (χ1) is 10.7. The number of alkyl halides is 1. The van der Waals surface area contributed by atoms with Crippen LogP contribution < -0.4 is 4.90 Å². The van der Waals surface area contributed by atoms with Crippen molar-refractivity contribution in [2.75, 3.05) is 26.1 Å². The summed E-state index contributed by atoms with van der Waals surface area (Å²) in [6.07, 6.45) is 0.518. The summed E-state index contributed by atoms with van der Waals surface area (Å²) in [7, 11) is 5.21. The number of carbonyl (C=O) groups is 1. The third-order valence-electron chi connectivity index (χ3n) is 5.20.